The third kappa shape index (κ3) is 2.81. The average molecular weight is 302 g/mol. The van der Waals surface area contributed by atoms with E-state index in [1.807, 2.05) is 0 Å². The van der Waals surface area contributed by atoms with Gasteiger partial charge in [0.05, 0.1) is 12.0 Å². The predicted molar refractivity (Wildman–Crippen MR) is 79.7 cm³/mol. The third-order valence-corrected chi connectivity index (χ3v) is 4.44. The fourth-order valence-electron chi connectivity index (χ4n) is 3.08. The van der Waals surface area contributed by atoms with Gasteiger partial charge in [0.2, 0.25) is 5.91 Å². The van der Waals surface area contributed by atoms with Crippen molar-refractivity contribution in [2.75, 3.05) is 5.32 Å². The molecule has 2 amide bonds. The summed E-state index contributed by atoms with van der Waals surface area (Å²) in [6.45, 7) is 0. The fourth-order valence-corrected chi connectivity index (χ4v) is 3.08. The maximum Gasteiger partial charge on any atom is 0.305 e. The zero-order valence-electron chi connectivity index (χ0n) is 12.1. The van der Waals surface area contributed by atoms with E-state index in [1.165, 1.54) is 0 Å². The first-order valence-electron chi connectivity index (χ1n) is 7.45. The molecule has 1 aromatic rings. The smallest absolute Gasteiger partial charge is 0.305 e. The topological polar surface area (TPSA) is 95.5 Å². The summed E-state index contributed by atoms with van der Waals surface area (Å²) in [7, 11) is 0. The maximum atomic E-state index is 12.4. The molecule has 0 radical (unpaired) electrons. The third-order valence-electron chi connectivity index (χ3n) is 4.44. The Morgan fingerprint density at radius 2 is 2.05 bits per heavy atom. The van der Waals surface area contributed by atoms with Crippen molar-refractivity contribution in [3.8, 4) is 0 Å². The van der Waals surface area contributed by atoms with E-state index < -0.39 is 11.5 Å². The van der Waals surface area contributed by atoms with Crippen LogP contribution in [0.2, 0.25) is 0 Å². The Labute approximate surface area is 127 Å². The van der Waals surface area contributed by atoms with E-state index >= 15 is 0 Å². The molecule has 0 spiro atoms. The number of benzene rings is 1. The zero-order chi connectivity index (χ0) is 15.7. The minimum Gasteiger partial charge on any atom is -0.481 e. The van der Waals surface area contributed by atoms with E-state index in [-0.39, 0.29) is 18.2 Å². The van der Waals surface area contributed by atoms with Crippen molar-refractivity contribution in [2.24, 2.45) is 0 Å². The molecule has 3 rings (SSSR count). The Balaban J connectivity index is 1.75. The van der Waals surface area contributed by atoms with Gasteiger partial charge in [-0.3, -0.25) is 14.4 Å². The van der Waals surface area contributed by atoms with Crippen molar-refractivity contribution in [2.45, 2.75) is 44.1 Å². The van der Waals surface area contributed by atoms with Crippen LogP contribution in [0.1, 0.15) is 48.0 Å². The number of anilines is 1. The second kappa shape index (κ2) is 5.44. The molecule has 0 atom stereocenters. The molecule has 0 unspecified atom stereocenters. The van der Waals surface area contributed by atoms with Crippen LogP contribution in [0.15, 0.2) is 18.2 Å². The van der Waals surface area contributed by atoms with E-state index in [2.05, 4.69) is 10.6 Å². The van der Waals surface area contributed by atoms with Crippen molar-refractivity contribution >= 4 is 23.5 Å². The van der Waals surface area contributed by atoms with Crippen LogP contribution in [-0.2, 0) is 16.0 Å². The van der Waals surface area contributed by atoms with Gasteiger partial charge >= 0.3 is 5.97 Å². The van der Waals surface area contributed by atoms with Crippen molar-refractivity contribution in [3.63, 3.8) is 0 Å². The number of hydrogen-bond donors (Lipinski definition) is 3. The fraction of sp³-hybridized carbons (Fsp3) is 0.438. The van der Waals surface area contributed by atoms with Crippen molar-refractivity contribution < 1.29 is 19.5 Å². The number of carbonyl (C=O) groups excluding carboxylic acids is 2. The Kier molecular flexibility index (Phi) is 3.60. The van der Waals surface area contributed by atoms with Gasteiger partial charge in [0.15, 0.2) is 0 Å². The van der Waals surface area contributed by atoms with E-state index in [4.69, 9.17) is 5.11 Å². The molecule has 1 saturated carbocycles. The van der Waals surface area contributed by atoms with Crippen LogP contribution in [0.5, 0.6) is 0 Å². The van der Waals surface area contributed by atoms with Gasteiger partial charge in [0.1, 0.15) is 0 Å². The summed E-state index contributed by atoms with van der Waals surface area (Å²) < 4.78 is 0. The Morgan fingerprint density at radius 1 is 1.27 bits per heavy atom. The summed E-state index contributed by atoms with van der Waals surface area (Å²) in [5.74, 6) is -1.16. The van der Waals surface area contributed by atoms with Crippen LogP contribution in [0.25, 0.3) is 0 Å². The number of carbonyl (C=O) groups is 3. The highest BCUT2D eigenvalue weighted by atomic mass is 16.4. The molecule has 116 valence electrons. The minimum atomic E-state index is -0.895. The quantitative estimate of drug-likeness (QED) is 0.789. The SMILES string of the molecule is O=C(O)CC1(NC(=O)c2ccc3c(c2)CCC(=O)N3)CCC1. The van der Waals surface area contributed by atoms with Gasteiger partial charge < -0.3 is 15.7 Å². The molecule has 22 heavy (non-hydrogen) atoms. The zero-order valence-corrected chi connectivity index (χ0v) is 12.1. The lowest BCUT2D eigenvalue weighted by molar-refractivity contribution is -0.139. The molecule has 6 heteroatoms. The molecule has 3 N–H and O–H groups in total. The molecule has 1 aliphatic carbocycles. The molecule has 1 fully saturated rings. The standard InChI is InChI=1S/C16H18N2O4/c19-13-5-3-10-8-11(2-4-12(10)17-13)15(22)18-16(6-1-7-16)9-14(20)21/h2,4,8H,1,3,5-7,9H2,(H,17,19)(H,18,22)(H,20,21). The molecular weight excluding hydrogens is 284 g/mol. The van der Waals surface area contributed by atoms with Crippen LogP contribution >= 0.6 is 0 Å². The van der Waals surface area contributed by atoms with Crippen LogP contribution in [0, 0.1) is 0 Å². The molecular formula is C16H18N2O4. The van der Waals surface area contributed by atoms with Crippen LogP contribution in [0.3, 0.4) is 0 Å². The summed E-state index contributed by atoms with van der Waals surface area (Å²) in [4.78, 5) is 34.7. The van der Waals surface area contributed by atoms with Gasteiger partial charge in [-0.25, -0.2) is 0 Å². The molecule has 0 bridgehead atoms. The lowest BCUT2D eigenvalue weighted by Gasteiger charge is -2.41. The Hall–Kier alpha value is -2.37. The molecule has 1 aromatic carbocycles. The molecule has 0 aromatic heterocycles. The van der Waals surface area contributed by atoms with Crippen molar-refractivity contribution in [1.82, 2.24) is 5.32 Å². The number of rotatable bonds is 4. The van der Waals surface area contributed by atoms with Gasteiger partial charge in [-0.2, -0.15) is 0 Å². The highest BCUT2D eigenvalue weighted by Gasteiger charge is 2.40. The number of nitrogens with one attached hydrogen (secondary N) is 2. The number of aryl methyl sites for hydroxylation is 1. The number of aliphatic carboxylic acids is 1. The van der Waals surface area contributed by atoms with Crippen LogP contribution in [0.4, 0.5) is 5.69 Å². The van der Waals surface area contributed by atoms with E-state index in [0.29, 0.717) is 31.2 Å². The highest BCUT2D eigenvalue weighted by Crippen LogP contribution is 2.35. The summed E-state index contributed by atoms with van der Waals surface area (Å²) >= 11 is 0. The Bertz CT molecular complexity index is 650. The Morgan fingerprint density at radius 3 is 2.68 bits per heavy atom. The average Bonchev–Trinajstić information content (AvgIpc) is 2.43. The van der Waals surface area contributed by atoms with E-state index in [9.17, 15) is 14.4 Å². The summed E-state index contributed by atoms with van der Waals surface area (Å²) in [6, 6.07) is 5.16. The first-order valence-corrected chi connectivity index (χ1v) is 7.45. The van der Waals surface area contributed by atoms with E-state index in [0.717, 1.165) is 17.7 Å². The first-order chi connectivity index (χ1) is 10.5. The van der Waals surface area contributed by atoms with Crippen molar-refractivity contribution in [3.05, 3.63) is 29.3 Å². The second-order valence-corrected chi connectivity index (χ2v) is 6.08. The number of fused-ring (bicyclic) bond motifs is 1. The number of carboxylic acid groups (broad SMARTS) is 1. The molecule has 2 aliphatic rings. The summed E-state index contributed by atoms with van der Waals surface area (Å²) in [6.07, 6.45) is 3.32. The first kappa shape index (κ1) is 14.6. The lowest BCUT2D eigenvalue weighted by atomic mass is 9.74. The number of hydrogen-bond acceptors (Lipinski definition) is 3. The van der Waals surface area contributed by atoms with Gasteiger partial charge in [0, 0.05) is 17.7 Å². The summed E-state index contributed by atoms with van der Waals surface area (Å²) in [5.41, 5.74) is 1.59. The number of carboxylic acids is 1. The van der Waals surface area contributed by atoms with Gasteiger partial charge in [0.25, 0.3) is 5.91 Å². The second-order valence-electron chi connectivity index (χ2n) is 6.08. The molecule has 6 nitrogen and oxygen atoms in total. The molecule has 0 saturated heterocycles. The van der Waals surface area contributed by atoms with E-state index in [1.54, 1.807) is 18.2 Å². The normalized spacial score (nSPS) is 18.6. The lowest BCUT2D eigenvalue weighted by Crippen LogP contribution is -2.54. The van der Waals surface area contributed by atoms with Crippen LogP contribution < -0.4 is 10.6 Å². The van der Waals surface area contributed by atoms with Crippen molar-refractivity contribution in [1.29, 1.82) is 0 Å². The number of amides is 2. The van der Waals surface area contributed by atoms with Gasteiger partial charge in [-0.05, 0) is 49.4 Å². The highest BCUT2D eigenvalue weighted by molar-refractivity contribution is 5.98. The predicted octanol–water partition coefficient (Wildman–Crippen LogP) is 1.70. The molecule has 1 aliphatic heterocycles. The largest absolute Gasteiger partial charge is 0.481 e. The van der Waals surface area contributed by atoms with Gasteiger partial charge in [-0.15, -0.1) is 0 Å². The van der Waals surface area contributed by atoms with Gasteiger partial charge in [-0.1, -0.05) is 0 Å². The summed E-state index contributed by atoms with van der Waals surface area (Å²) in [5, 5.41) is 14.6. The van der Waals surface area contributed by atoms with Crippen LogP contribution in [-0.4, -0.2) is 28.4 Å². The monoisotopic (exact) mass is 302 g/mol. The maximum absolute atomic E-state index is 12.4. The minimum absolute atomic E-state index is 0.0143. The molecule has 1 heterocycles.